The van der Waals surface area contributed by atoms with Crippen LogP contribution in [0.25, 0.3) is 5.65 Å². The lowest BCUT2D eigenvalue weighted by molar-refractivity contribution is 0.287. The van der Waals surface area contributed by atoms with Crippen molar-refractivity contribution in [1.29, 1.82) is 0 Å². The van der Waals surface area contributed by atoms with Gasteiger partial charge in [-0.2, -0.15) is 5.10 Å². The van der Waals surface area contributed by atoms with E-state index in [1.807, 2.05) is 18.3 Å². The quantitative estimate of drug-likeness (QED) is 0.903. The lowest BCUT2D eigenvalue weighted by Gasteiger charge is -1.90. The molecule has 2 aromatic rings. The molecule has 0 aromatic carbocycles. The summed E-state index contributed by atoms with van der Waals surface area (Å²) in [6.07, 6.45) is 3.27. The summed E-state index contributed by atoms with van der Waals surface area (Å²) in [6, 6.07) is 3.83. The van der Waals surface area contributed by atoms with Crippen molar-refractivity contribution in [2.45, 2.75) is 12.8 Å². The molecule has 2 heterocycles. The third-order valence-electron chi connectivity index (χ3n) is 1.92. The minimum atomic E-state index is 0.177. The Hall–Kier alpha value is -0.940. The summed E-state index contributed by atoms with van der Waals surface area (Å²) in [7, 11) is 0. The molecule has 2 rings (SSSR count). The number of pyridine rings is 1. The molecule has 0 atom stereocenters. The number of halogens is 1. The van der Waals surface area contributed by atoms with Crippen molar-refractivity contribution in [3.63, 3.8) is 0 Å². The first-order chi connectivity index (χ1) is 6.81. The molecular formula is C9H10BrN3O. The van der Waals surface area contributed by atoms with Crippen LogP contribution in [0, 0.1) is 0 Å². The first-order valence-corrected chi connectivity index (χ1v) is 5.21. The lowest BCUT2D eigenvalue weighted by atomic mass is 10.3. The molecule has 0 aliphatic rings. The lowest BCUT2D eigenvalue weighted by Crippen LogP contribution is -1.92. The highest BCUT2D eigenvalue weighted by atomic mass is 79.9. The smallest absolute Gasteiger partial charge is 0.169 e. The van der Waals surface area contributed by atoms with Crippen LogP contribution in [0.4, 0.5) is 0 Å². The van der Waals surface area contributed by atoms with Gasteiger partial charge in [-0.1, -0.05) is 0 Å². The third kappa shape index (κ3) is 1.78. The molecule has 0 aliphatic heterocycles. The van der Waals surface area contributed by atoms with Gasteiger partial charge in [0.1, 0.15) is 0 Å². The van der Waals surface area contributed by atoms with Crippen molar-refractivity contribution in [3.05, 3.63) is 28.6 Å². The molecule has 0 fully saturated rings. The zero-order valence-corrected chi connectivity index (χ0v) is 9.11. The van der Waals surface area contributed by atoms with Crippen LogP contribution in [0.15, 0.2) is 22.8 Å². The molecular weight excluding hydrogens is 246 g/mol. The van der Waals surface area contributed by atoms with E-state index in [-0.39, 0.29) is 6.61 Å². The van der Waals surface area contributed by atoms with Crippen molar-refractivity contribution < 1.29 is 5.11 Å². The standard InChI is InChI=1S/C9H10BrN3O/c10-7-3-1-5-13-9(7)11-8(12-13)4-2-6-14/h1,3,5,14H,2,4,6H2. The van der Waals surface area contributed by atoms with Crippen molar-refractivity contribution >= 4 is 21.6 Å². The van der Waals surface area contributed by atoms with Gasteiger partial charge in [0.25, 0.3) is 0 Å². The maximum atomic E-state index is 8.69. The Morgan fingerprint density at radius 2 is 2.36 bits per heavy atom. The Morgan fingerprint density at radius 3 is 3.07 bits per heavy atom. The van der Waals surface area contributed by atoms with Gasteiger partial charge in [0.2, 0.25) is 0 Å². The number of hydrogen-bond acceptors (Lipinski definition) is 3. The summed E-state index contributed by atoms with van der Waals surface area (Å²) >= 11 is 3.41. The van der Waals surface area contributed by atoms with E-state index in [9.17, 15) is 0 Å². The molecule has 2 aromatic heterocycles. The summed E-state index contributed by atoms with van der Waals surface area (Å²) in [6.45, 7) is 0.177. The topological polar surface area (TPSA) is 50.4 Å². The molecule has 0 radical (unpaired) electrons. The van der Waals surface area contributed by atoms with E-state index in [0.717, 1.165) is 15.9 Å². The first kappa shape index (κ1) is 9.61. The zero-order chi connectivity index (χ0) is 9.97. The predicted octanol–water partition coefficient (Wildman–Crippen LogP) is 1.42. The summed E-state index contributed by atoms with van der Waals surface area (Å²) in [5.41, 5.74) is 0.820. The van der Waals surface area contributed by atoms with Gasteiger partial charge in [-0.15, -0.1) is 0 Å². The fourth-order valence-corrected chi connectivity index (χ4v) is 1.68. The second kappa shape index (κ2) is 4.06. The average Bonchev–Trinajstić information content (AvgIpc) is 2.59. The van der Waals surface area contributed by atoms with Crippen molar-refractivity contribution in [1.82, 2.24) is 14.6 Å². The van der Waals surface area contributed by atoms with E-state index in [1.54, 1.807) is 4.52 Å². The van der Waals surface area contributed by atoms with Gasteiger partial charge in [0.05, 0.1) is 4.47 Å². The fraction of sp³-hybridized carbons (Fsp3) is 0.333. The van der Waals surface area contributed by atoms with Crippen LogP contribution >= 0.6 is 15.9 Å². The maximum Gasteiger partial charge on any atom is 0.169 e. The molecule has 5 heteroatoms. The van der Waals surface area contributed by atoms with Gasteiger partial charge in [-0.3, -0.25) is 0 Å². The fourth-order valence-electron chi connectivity index (χ4n) is 1.26. The number of aliphatic hydroxyl groups is 1. The van der Waals surface area contributed by atoms with Crippen LogP contribution in [-0.4, -0.2) is 26.3 Å². The maximum absolute atomic E-state index is 8.69. The summed E-state index contributed by atoms with van der Waals surface area (Å²) < 4.78 is 2.67. The SMILES string of the molecule is OCCCc1nc2c(Br)cccn2n1. The minimum Gasteiger partial charge on any atom is -0.396 e. The first-order valence-electron chi connectivity index (χ1n) is 4.42. The molecule has 0 bridgehead atoms. The number of aryl methyl sites for hydroxylation is 1. The largest absolute Gasteiger partial charge is 0.396 e. The second-order valence-corrected chi connectivity index (χ2v) is 3.83. The molecule has 14 heavy (non-hydrogen) atoms. The molecule has 0 saturated heterocycles. The van der Waals surface area contributed by atoms with E-state index < -0.39 is 0 Å². The number of rotatable bonds is 3. The highest BCUT2D eigenvalue weighted by molar-refractivity contribution is 9.10. The molecule has 74 valence electrons. The van der Waals surface area contributed by atoms with E-state index in [1.165, 1.54) is 0 Å². The van der Waals surface area contributed by atoms with E-state index >= 15 is 0 Å². The predicted molar refractivity (Wildman–Crippen MR) is 56.1 cm³/mol. The normalized spacial score (nSPS) is 11.0. The Kier molecular flexibility index (Phi) is 2.79. The van der Waals surface area contributed by atoms with Gasteiger partial charge in [0, 0.05) is 19.2 Å². The number of aromatic nitrogens is 3. The van der Waals surface area contributed by atoms with Crippen LogP contribution in [0.3, 0.4) is 0 Å². The van der Waals surface area contributed by atoms with Crippen LogP contribution in [-0.2, 0) is 6.42 Å². The van der Waals surface area contributed by atoms with Crippen molar-refractivity contribution in [2.24, 2.45) is 0 Å². The molecule has 4 nitrogen and oxygen atoms in total. The number of fused-ring (bicyclic) bond motifs is 1. The monoisotopic (exact) mass is 255 g/mol. The Labute approximate surface area is 89.7 Å². The van der Waals surface area contributed by atoms with E-state index in [2.05, 4.69) is 26.0 Å². The van der Waals surface area contributed by atoms with Gasteiger partial charge >= 0.3 is 0 Å². The Balaban J connectivity index is 2.36. The third-order valence-corrected chi connectivity index (χ3v) is 2.54. The highest BCUT2D eigenvalue weighted by Crippen LogP contribution is 2.15. The van der Waals surface area contributed by atoms with Crippen LogP contribution in [0.2, 0.25) is 0 Å². The summed E-state index contributed by atoms with van der Waals surface area (Å²) in [5, 5.41) is 13.0. The van der Waals surface area contributed by atoms with Gasteiger partial charge in [-0.05, 0) is 34.5 Å². The Bertz CT molecular complexity index is 441. The minimum absolute atomic E-state index is 0.177. The molecule has 0 saturated carbocycles. The van der Waals surface area contributed by atoms with Gasteiger partial charge in [0.15, 0.2) is 11.5 Å². The molecule has 1 N–H and O–H groups in total. The second-order valence-electron chi connectivity index (χ2n) is 2.98. The Morgan fingerprint density at radius 1 is 1.50 bits per heavy atom. The van der Waals surface area contributed by atoms with Crippen molar-refractivity contribution in [3.8, 4) is 0 Å². The van der Waals surface area contributed by atoms with Crippen LogP contribution < -0.4 is 0 Å². The zero-order valence-electron chi connectivity index (χ0n) is 7.52. The number of nitrogens with zero attached hydrogens (tertiary/aromatic N) is 3. The number of hydrogen-bond donors (Lipinski definition) is 1. The molecule has 0 unspecified atom stereocenters. The van der Waals surface area contributed by atoms with Gasteiger partial charge < -0.3 is 5.11 Å². The number of aliphatic hydroxyl groups excluding tert-OH is 1. The summed E-state index contributed by atoms with van der Waals surface area (Å²) in [4.78, 5) is 4.34. The van der Waals surface area contributed by atoms with Gasteiger partial charge in [-0.25, -0.2) is 9.50 Å². The van der Waals surface area contributed by atoms with E-state index in [4.69, 9.17) is 5.11 Å². The molecule has 0 amide bonds. The van der Waals surface area contributed by atoms with E-state index in [0.29, 0.717) is 12.8 Å². The van der Waals surface area contributed by atoms with Crippen molar-refractivity contribution in [2.75, 3.05) is 6.61 Å². The highest BCUT2D eigenvalue weighted by Gasteiger charge is 2.05. The molecule has 0 spiro atoms. The van der Waals surface area contributed by atoms with Crippen LogP contribution in [0.1, 0.15) is 12.2 Å². The summed E-state index contributed by atoms with van der Waals surface area (Å²) in [5.74, 6) is 0.769. The average molecular weight is 256 g/mol. The van der Waals surface area contributed by atoms with Crippen LogP contribution in [0.5, 0.6) is 0 Å². The molecule has 0 aliphatic carbocycles.